The summed E-state index contributed by atoms with van der Waals surface area (Å²) < 4.78 is 0. The van der Waals surface area contributed by atoms with Crippen molar-refractivity contribution < 1.29 is 14.7 Å². The number of nitrogens with zero attached hydrogens (tertiary/aromatic N) is 1. The number of aliphatic carboxylic acids is 1. The van der Waals surface area contributed by atoms with Gasteiger partial charge in [-0.15, -0.1) is 0 Å². The molecule has 1 N–H and O–H groups in total. The zero-order valence-corrected chi connectivity index (χ0v) is 9.82. The largest absolute Gasteiger partial charge is 0.480 e. The van der Waals surface area contributed by atoms with E-state index in [0.29, 0.717) is 19.4 Å². The topological polar surface area (TPSA) is 57.6 Å². The van der Waals surface area contributed by atoms with Gasteiger partial charge in [-0.1, -0.05) is 26.2 Å². The molecule has 88 valence electrons. The molecular weight excluding hydrogens is 194 g/mol. The minimum atomic E-state index is -1.05. The highest BCUT2D eigenvalue weighted by Crippen LogP contribution is 2.21. The van der Waals surface area contributed by atoms with Gasteiger partial charge in [0.05, 0.1) is 0 Å². The zero-order chi connectivity index (χ0) is 11.9. The number of carboxylic acid groups (broad SMARTS) is 1. The number of unbranched alkanes of at least 4 members (excludes halogenated alkanes) is 2. The maximum absolute atomic E-state index is 11.2. The summed E-state index contributed by atoms with van der Waals surface area (Å²) in [5.74, 6) is -0.924. The van der Waals surface area contributed by atoms with Gasteiger partial charge in [-0.25, -0.2) is 4.79 Å². The van der Waals surface area contributed by atoms with Crippen molar-refractivity contribution in [2.75, 3.05) is 6.54 Å². The first-order chi connectivity index (χ1) is 7.02. The molecule has 0 aromatic heterocycles. The number of amides is 1. The summed E-state index contributed by atoms with van der Waals surface area (Å²) in [6.07, 6.45) is 4.02. The summed E-state index contributed by atoms with van der Waals surface area (Å²) in [5, 5.41) is 9.16. The molecule has 0 heterocycles. The predicted octanol–water partition coefficient (Wildman–Crippen LogP) is 1.89. The lowest BCUT2D eigenvalue weighted by molar-refractivity contribution is -0.154. The van der Waals surface area contributed by atoms with Crippen LogP contribution in [0.3, 0.4) is 0 Å². The molecule has 0 aliphatic heterocycles. The number of carboxylic acids is 1. The summed E-state index contributed by atoms with van der Waals surface area (Å²) >= 11 is 0. The van der Waals surface area contributed by atoms with Crippen molar-refractivity contribution in [3.8, 4) is 0 Å². The molecule has 0 saturated heterocycles. The number of carbonyl (C=O) groups excluding carboxylic acids is 1. The molecule has 0 aliphatic rings. The number of hydrogen-bond acceptors (Lipinski definition) is 2. The Kier molecular flexibility index (Phi) is 5.97. The lowest BCUT2D eigenvalue weighted by Gasteiger charge is -2.34. The molecule has 0 bridgehead atoms. The Morgan fingerprint density at radius 3 is 2.33 bits per heavy atom. The van der Waals surface area contributed by atoms with Crippen LogP contribution in [-0.2, 0) is 9.59 Å². The Labute approximate surface area is 91.3 Å². The van der Waals surface area contributed by atoms with E-state index in [4.69, 9.17) is 5.11 Å². The van der Waals surface area contributed by atoms with E-state index < -0.39 is 11.5 Å². The lowest BCUT2D eigenvalue weighted by Crippen LogP contribution is -2.51. The first kappa shape index (κ1) is 13.9. The van der Waals surface area contributed by atoms with E-state index in [0.717, 1.165) is 19.3 Å². The second-order valence-electron chi connectivity index (χ2n) is 3.93. The fourth-order valence-electron chi connectivity index (χ4n) is 1.63. The standard InChI is InChI=1S/C11H21NO3/c1-4-6-7-8-11(3,10(14)15)12(5-2)9-13/h9H,4-8H2,1-3H3,(H,14,15). The molecule has 0 aromatic rings. The molecule has 0 aliphatic carbocycles. The molecule has 4 nitrogen and oxygen atoms in total. The summed E-state index contributed by atoms with van der Waals surface area (Å²) in [6.45, 7) is 5.89. The van der Waals surface area contributed by atoms with Gasteiger partial charge in [0.15, 0.2) is 0 Å². The third-order valence-electron chi connectivity index (χ3n) is 2.83. The van der Waals surface area contributed by atoms with Gasteiger partial charge in [-0.05, 0) is 20.3 Å². The van der Waals surface area contributed by atoms with E-state index in [1.165, 1.54) is 4.90 Å². The average molecular weight is 215 g/mol. The van der Waals surface area contributed by atoms with Crippen molar-refractivity contribution in [2.45, 2.75) is 52.0 Å². The Balaban J connectivity index is 4.57. The molecular formula is C11H21NO3. The fraction of sp³-hybridized carbons (Fsp3) is 0.818. The minimum absolute atomic E-state index is 0.429. The number of hydrogen-bond donors (Lipinski definition) is 1. The summed E-state index contributed by atoms with van der Waals surface area (Å²) in [4.78, 5) is 23.3. The van der Waals surface area contributed by atoms with E-state index in [9.17, 15) is 9.59 Å². The van der Waals surface area contributed by atoms with Crippen molar-refractivity contribution in [1.82, 2.24) is 4.90 Å². The van der Waals surface area contributed by atoms with Gasteiger partial charge in [0.25, 0.3) is 0 Å². The fourth-order valence-corrected chi connectivity index (χ4v) is 1.63. The summed E-state index contributed by atoms with van der Waals surface area (Å²) in [5.41, 5.74) is -1.05. The molecule has 1 atom stereocenters. The Morgan fingerprint density at radius 1 is 1.40 bits per heavy atom. The molecule has 0 fully saturated rings. The molecule has 0 aromatic carbocycles. The number of carbonyl (C=O) groups is 2. The van der Waals surface area contributed by atoms with Crippen LogP contribution in [0.5, 0.6) is 0 Å². The van der Waals surface area contributed by atoms with Gasteiger partial charge in [0.1, 0.15) is 5.54 Å². The van der Waals surface area contributed by atoms with Crippen LogP contribution >= 0.6 is 0 Å². The van der Waals surface area contributed by atoms with Crippen LogP contribution in [0, 0.1) is 0 Å². The lowest BCUT2D eigenvalue weighted by atomic mass is 9.93. The SMILES string of the molecule is CCCCCC(C)(C(=O)O)N(C=O)CC. The van der Waals surface area contributed by atoms with E-state index in [-0.39, 0.29) is 0 Å². The van der Waals surface area contributed by atoms with Crippen LogP contribution in [-0.4, -0.2) is 34.5 Å². The number of likely N-dealkylation sites (N-methyl/N-ethyl adjacent to an activating group) is 1. The van der Waals surface area contributed by atoms with E-state index in [1.54, 1.807) is 13.8 Å². The molecule has 0 radical (unpaired) electrons. The van der Waals surface area contributed by atoms with Crippen LogP contribution in [0.1, 0.15) is 46.5 Å². The molecule has 4 heteroatoms. The van der Waals surface area contributed by atoms with E-state index >= 15 is 0 Å². The first-order valence-corrected chi connectivity index (χ1v) is 5.48. The summed E-state index contributed by atoms with van der Waals surface area (Å²) in [7, 11) is 0. The highest BCUT2D eigenvalue weighted by atomic mass is 16.4. The van der Waals surface area contributed by atoms with E-state index in [1.807, 2.05) is 0 Å². The highest BCUT2D eigenvalue weighted by Gasteiger charge is 2.37. The first-order valence-electron chi connectivity index (χ1n) is 5.48. The van der Waals surface area contributed by atoms with Crippen molar-refractivity contribution in [3.05, 3.63) is 0 Å². The molecule has 0 rings (SSSR count). The van der Waals surface area contributed by atoms with Crippen LogP contribution in [0.4, 0.5) is 0 Å². The Hall–Kier alpha value is -1.06. The molecule has 0 spiro atoms. The second-order valence-corrected chi connectivity index (χ2v) is 3.93. The van der Waals surface area contributed by atoms with Crippen LogP contribution in [0.2, 0.25) is 0 Å². The third kappa shape index (κ3) is 3.53. The van der Waals surface area contributed by atoms with Crippen LogP contribution in [0.15, 0.2) is 0 Å². The van der Waals surface area contributed by atoms with Gasteiger partial charge in [-0.3, -0.25) is 4.79 Å². The van der Waals surface area contributed by atoms with Crippen molar-refractivity contribution in [2.24, 2.45) is 0 Å². The Morgan fingerprint density at radius 2 is 2.00 bits per heavy atom. The smallest absolute Gasteiger partial charge is 0.329 e. The van der Waals surface area contributed by atoms with Crippen LogP contribution in [0.25, 0.3) is 0 Å². The predicted molar refractivity (Wildman–Crippen MR) is 58.6 cm³/mol. The average Bonchev–Trinajstić information content (AvgIpc) is 2.19. The van der Waals surface area contributed by atoms with Gasteiger partial charge >= 0.3 is 5.97 Å². The monoisotopic (exact) mass is 215 g/mol. The zero-order valence-electron chi connectivity index (χ0n) is 9.82. The summed E-state index contributed by atoms with van der Waals surface area (Å²) in [6, 6.07) is 0. The Bertz CT molecular complexity index is 218. The quantitative estimate of drug-likeness (QED) is 0.497. The van der Waals surface area contributed by atoms with Crippen molar-refractivity contribution >= 4 is 12.4 Å². The molecule has 1 amide bonds. The highest BCUT2D eigenvalue weighted by molar-refractivity contribution is 5.80. The van der Waals surface area contributed by atoms with Crippen molar-refractivity contribution in [1.29, 1.82) is 0 Å². The van der Waals surface area contributed by atoms with Crippen molar-refractivity contribution in [3.63, 3.8) is 0 Å². The van der Waals surface area contributed by atoms with Gasteiger partial charge in [0, 0.05) is 6.54 Å². The van der Waals surface area contributed by atoms with E-state index in [2.05, 4.69) is 6.92 Å². The molecule has 0 saturated carbocycles. The molecule has 15 heavy (non-hydrogen) atoms. The normalized spacial score (nSPS) is 14.3. The maximum atomic E-state index is 11.2. The second kappa shape index (κ2) is 6.43. The van der Waals surface area contributed by atoms with Gasteiger partial charge < -0.3 is 10.0 Å². The third-order valence-corrected chi connectivity index (χ3v) is 2.83. The van der Waals surface area contributed by atoms with Gasteiger partial charge in [0.2, 0.25) is 6.41 Å². The number of rotatable bonds is 8. The maximum Gasteiger partial charge on any atom is 0.329 e. The van der Waals surface area contributed by atoms with Crippen LogP contribution < -0.4 is 0 Å². The minimum Gasteiger partial charge on any atom is -0.480 e. The molecule has 1 unspecified atom stereocenters. The van der Waals surface area contributed by atoms with Gasteiger partial charge in [-0.2, -0.15) is 0 Å².